The Bertz CT molecular complexity index is 706. The minimum absolute atomic E-state index is 0.0678. The predicted octanol–water partition coefficient (Wildman–Crippen LogP) is 3.06. The molecule has 1 amide bonds. The van der Waals surface area contributed by atoms with E-state index in [-0.39, 0.29) is 12.0 Å². The van der Waals surface area contributed by atoms with Crippen LogP contribution < -0.4 is 4.90 Å². The number of carbonyl (C=O) groups excluding carboxylic acids is 1. The quantitative estimate of drug-likeness (QED) is 0.864. The third kappa shape index (κ3) is 3.36. The molecule has 2 aromatic heterocycles. The lowest BCUT2D eigenvalue weighted by atomic mass is 9.95. The molecule has 0 radical (unpaired) electrons. The molecule has 0 spiro atoms. The minimum Gasteiger partial charge on any atom is -0.356 e. The molecule has 0 saturated carbocycles. The lowest BCUT2D eigenvalue weighted by Gasteiger charge is -2.36. The Balaban J connectivity index is 1.48. The molecule has 5 heteroatoms. The summed E-state index contributed by atoms with van der Waals surface area (Å²) in [4.78, 5) is 26.1. The molecular weight excluding hydrogens is 312 g/mol. The third-order valence-electron chi connectivity index (χ3n) is 5.37. The summed E-state index contributed by atoms with van der Waals surface area (Å²) in [5.41, 5.74) is 1.21. The third-order valence-corrected chi connectivity index (χ3v) is 5.37. The van der Waals surface area contributed by atoms with E-state index in [4.69, 9.17) is 0 Å². The summed E-state index contributed by atoms with van der Waals surface area (Å²) < 4.78 is 0. The van der Waals surface area contributed by atoms with E-state index in [9.17, 15) is 4.79 Å². The number of piperidine rings is 1. The van der Waals surface area contributed by atoms with E-state index in [1.54, 1.807) is 0 Å². The van der Waals surface area contributed by atoms with Crippen molar-refractivity contribution in [3.63, 3.8) is 0 Å². The highest BCUT2D eigenvalue weighted by atomic mass is 16.2. The molecule has 25 heavy (non-hydrogen) atoms. The first-order chi connectivity index (χ1) is 12.3. The molecule has 4 rings (SSSR count). The second kappa shape index (κ2) is 7.21. The van der Waals surface area contributed by atoms with E-state index in [1.807, 2.05) is 48.9 Å². The van der Waals surface area contributed by atoms with Crippen LogP contribution in [0.5, 0.6) is 0 Å². The van der Waals surface area contributed by atoms with Gasteiger partial charge < -0.3 is 9.80 Å². The zero-order valence-electron chi connectivity index (χ0n) is 14.4. The van der Waals surface area contributed by atoms with Crippen molar-refractivity contribution in [3.05, 3.63) is 54.5 Å². The largest absolute Gasteiger partial charge is 0.356 e. The first-order valence-electron chi connectivity index (χ1n) is 9.19. The number of anilines is 1. The molecule has 130 valence electrons. The van der Waals surface area contributed by atoms with Crippen molar-refractivity contribution in [3.8, 4) is 0 Å². The highest BCUT2D eigenvalue weighted by Gasteiger charge is 2.35. The number of aromatic nitrogens is 2. The van der Waals surface area contributed by atoms with Gasteiger partial charge in [-0.3, -0.25) is 9.78 Å². The van der Waals surface area contributed by atoms with E-state index in [2.05, 4.69) is 19.8 Å². The lowest BCUT2D eigenvalue weighted by molar-refractivity contribution is -0.136. The summed E-state index contributed by atoms with van der Waals surface area (Å²) in [5, 5.41) is 0. The van der Waals surface area contributed by atoms with Gasteiger partial charge in [0.1, 0.15) is 5.82 Å². The molecule has 2 atom stereocenters. The maximum atomic E-state index is 13.2. The number of amides is 1. The number of rotatable bonds is 3. The van der Waals surface area contributed by atoms with Crippen LogP contribution in [0.2, 0.25) is 0 Å². The number of carbonyl (C=O) groups is 1. The Kier molecular flexibility index (Phi) is 4.63. The number of pyridine rings is 2. The second-order valence-electron chi connectivity index (χ2n) is 6.94. The molecule has 2 fully saturated rings. The Morgan fingerprint density at radius 3 is 2.64 bits per heavy atom. The molecule has 0 aromatic carbocycles. The lowest BCUT2D eigenvalue weighted by Crippen LogP contribution is -2.45. The summed E-state index contributed by atoms with van der Waals surface area (Å²) >= 11 is 0. The predicted molar refractivity (Wildman–Crippen MR) is 97.1 cm³/mol. The van der Waals surface area contributed by atoms with Crippen molar-refractivity contribution in [2.45, 2.75) is 31.7 Å². The van der Waals surface area contributed by atoms with E-state index in [0.717, 1.165) is 51.1 Å². The number of hydrogen-bond acceptors (Lipinski definition) is 4. The standard InChI is InChI=1S/C20H24N4O/c25-20(24-14-4-6-18(24)16-8-11-21-12-9-16)17-5-3-13-23(15-17)19-7-1-2-10-22-19/h1-2,7-12,17-18H,3-6,13-15H2/t17-,18+/m0/s1. The van der Waals surface area contributed by atoms with Crippen LogP contribution >= 0.6 is 0 Å². The van der Waals surface area contributed by atoms with Gasteiger partial charge in [-0.25, -0.2) is 4.98 Å². The van der Waals surface area contributed by atoms with Gasteiger partial charge in [-0.05, 0) is 55.5 Å². The van der Waals surface area contributed by atoms with Crippen molar-refractivity contribution >= 4 is 11.7 Å². The van der Waals surface area contributed by atoms with Crippen molar-refractivity contribution in [2.75, 3.05) is 24.5 Å². The number of likely N-dealkylation sites (tertiary alicyclic amines) is 1. The fourth-order valence-corrected chi connectivity index (χ4v) is 4.12. The van der Waals surface area contributed by atoms with Gasteiger partial charge in [0.2, 0.25) is 5.91 Å². The van der Waals surface area contributed by atoms with Gasteiger partial charge in [0.05, 0.1) is 12.0 Å². The Morgan fingerprint density at radius 2 is 1.84 bits per heavy atom. The maximum Gasteiger partial charge on any atom is 0.227 e. The smallest absolute Gasteiger partial charge is 0.227 e. The summed E-state index contributed by atoms with van der Waals surface area (Å²) in [5.74, 6) is 1.35. The van der Waals surface area contributed by atoms with Crippen molar-refractivity contribution in [1.29, 1.82) is 0 Å². The van der Waals surface area contributed by atoms with E-state index < -0.39 is 0 Å². The van der Waals surface area contributed by atoms with Gasteiger partial charge in [0.25, 0.3) is 0 Å². The highest BCUT2D eigenvalue weighted by molar-refractivity contribution is 5.80. The molecule has 0 bridgehead atoms. The summed E-state index contributed by atoms with van der Waals surface area (Å²) in [7, 11) is 0. The Hall–Kier alpha value is -2.43. The van der Waals surface area contributed by atoms with Gasteiger partial charge in [-0.1, -0.05) is 6.07 Å². The maximum absolute atomic E-state index is 13.2. The molecule has 5 nitrogen and oxygen atoms in total. The molecular formula is C20H24N4O. The van der Waals surface area contributed by atoms with Gasteiger partial charge in [0.15, 0.2) is 0 Å². The van der Waals surface area contributed by atoms with Gasteiger partial charge >= 0.3 is 0 Å². The molecule has 2 saturated heterocycles. The molecule has 2 aromatic rings. The van der Waals surface area contributed by atoms with Gasteiger partial charge in [-0.2, -0.15) is 0 Å². The Morgan fingerprint density at radius 1 is 1.00 bits per heavy atom. The van der Waals surface area contributed by atoms with Gasteiger partial charge in [0, 0.05) is 38.2 Å². The van der Waals surface area contributed by atoms with E-state index >= 15 is 0 Å². The monoisotopic (exact) mass is 336 g/mol. The van der Waals surface area contributed by atoms with Crippen LogP contribution in [0.1, 0.15) is 37.3 Å². The van der Waals surface area contributed by atoms with Crippen LogP contribution in [0.15, 0.2) is 48.9 Å². The van der Waals surface area contributed by atoms with Crippen molar-refractivity contribution < 1.29 is 4.79 Å². The number of nitrogens with zero attached hydrogens (tertiary/aromatic N) is 4. The molecule has 0 N–H and O–H groups in total. The fraction of sp³-hybridized carbons (Fsp3) is 0.450. The van der Waals surface area contributed by atoms with Crippen LogP contribution in [-0.4, -0.2) is 40.4 Å². The average molecular weight is 336 g/mol. The molecule has 0 aliphatic carbocycles. The van der Waals surface area contributed by atoms with E-state index in [1.165, 1.54) is 5.56 Å². The van der Waals surface area contributed by atoms with E-state index in [0.29, 0.717) is 5.91 Å². The van der Waals surface area contributed by atoms with Crippen LogP contribution in [0.4, 0.5) is 5.82 Å². The SMILES string of the molecule is O=C([C@H]1CCCN(c2ccccn2)C1)N1CCC[C@@H]1c1ccncc1. The minimum atomic E-state index is 0.0678. The molecule has 0 unspecified atom stereocenters. The average Bonchev–Trinajstić information content (AvgIpc) is 3.19. The molecule has 2 aliphatic rings. The molecule has 4 heterocycles. The zero-order valence-corrected chi connectivity index (χ0v) is 14.4. The fourth-order valence-electron chi connectivity index (χ4n) is 4.12. The summed E-state index contributed by atoms with van der Waals surface area (Å²) in [6.07, 6.45) is 9.60. The first kappa shape index (κ1) is 16.1. The Labute approximate surface area is 148 Å². The van der Waals surface area contributed by atoms with Crippen LogP contribution in [0, 0.1) is 5.92 Å². The summed E-state index contributed by atoms with van der Waals surface area (Å²) in [6, 6.07) is 10.3. The van der Waals surface area contributed by atoms with Crippen LogP contribution in [-0.2, 0) is 4.79 Å². The second-order valence-corrected chi connectivity index (χ2v) is 6.94. The van der Waals surface area contributed by atoms with Crippen molar-refractivity contribution in [1.82, 2.24) is 14.9 Å². The normalized spacial score (nSPS) is 23.7. The highest BCUT2D eigenvalue weighted by Crippen LogP contribution is 2.34. The first-order valence-corrected chi connectivity index (χ1v) is 9.19. The van der Waals surface area contributed by atoms with Crippen LogP contribution in [0.3, 0.4) is 0 Å². The van der Waals surface area contributed by atoms with Gasteiger partial charge in [-0.15, -0.1) is 0 Å². The zero-order chi connectivity index (χ0) is 17.1. The number of hydrogen-bond donors (Lipinski definition) is 0. The van der Waals surface area contributed by atoms with Crippen LogP contribution in [0.25, 0.3) is 0 Å². The van der Waals surface area contributed by atoms with Crippen molar-refractivity contribution in [2.24, 2.45) is 5.92 Å². The molecule has 2 aliphatic heterocycles. The topological polar surface area (TPSA) is 49.3 Å². The summed E-state index contributed by atoms with van der Waals surface area (Å²) in [6.45, 7) is 2.62.